The van der Waals surface area contributed by atoms with E-state index in [1.54, 1.807) is 18.2 Å². The molecular formula is C15H14N4O2S. The van der Waals surface area contributed by atoms with Crippen LogP contribution in [0.4, 0.5) is 5.82 Å². The second kappa shape index (κ2) is 5.70. The molecule has 0 saturated carbocycles. The number of para-hydroxylation sites is 2. The summed E-state index contributed by atoms with van der Waals surface area (Å²) in [5.74, 6) is 0.182. The van der Waals surface area contributed by atoms with Crippen molar-refractivity contribution >= 4 is 26.9 Å². The summed E-state index contributed by atoms with van der Waals surface area (Å²) >= 11 is 0. The maximum atomic E-state index is 12.3. The first-order chi connectivity index (χ1) is 10.6. The third-order valence-electron chi connectivity index (χ3n) is 3.16. The van der Waals surface area contributed by atoms with Gasteiger partial charge in [0, 0.05) is 6.54 Å². The number of hydrogen-bond acceptors (Lipinski definition) is 5. The standard InChI is InChI=1S/C15H14N4O2S/c16-9-11-5-7-12(8-6-11)22(20,21)19-15-10-17-13-3-1-2-4-14(13)18-15/h1-8,10H,9,16H2,(H,18,19). The number of hydrogen-bond donors (Lipinski definition) is 2. The zero-order chi connectivity index (χ0) is 15.6. The Kier molecular flexibility index (Phi) is 3.74. The van der Waals surface area contributed by atoms with Gasteiger partial charge in [-0.05, 0) is 29.8 Å². The van der Waals surface area contributed by atoms with Crippen LogP contribution in [0.25, 0.3) is 11.0 Å². The minimum absolute atomic E-state index is 0.152. The Morgan fingerprint density at radius 2 is 1.68 bits per heavy atom. The second-order valence-corrected chi connectivity index (χ2v) is 6.38. The van der Waals surface area contributed by atoms with Crippen LogP contribution in [0.5, 0.6) is 0 Å². The van der Waals surface area contributed by atoms with Gasteiger partial charge in [0.15, 0.2) is 5.82 Å². The maximum absolute atomic E-state index is 12.3. The first kappa shape index (κ1) is 14.4. The molecule has 7 heteroatoms. The van der Waals surface area contributed by atoms with Gasteiger partial charge >= 0.3 is 0 Å². The molecule has 6 nitrogen and oxygen atoms in total. The molecule has 0 aliphatic heterocycles. The van der Waals surface area contributed by atoms with E-state index in [0.717, 1.165) is 5.56 Å². The highest BCUT2D eigenvalue weighted by Crippen LogP contribution is 2.17. The highest BCUT2D eigenvalue weighted by atomic mass is 32.2. The van der Waals surface area contributed by atoms with Gasteiger partial charge in [-0.25, -0.2) is 13.4 Å². The Balaban J connectivity index is 1.91. The van der Waals surface area contributed by atoms with Crippen molar-refractivity contribution in [1.29, 1.82) is 0 Å². The maximum Gasteiger partial charge on any atom is 0.263 e. The molecule has 0 fully saturated rings. The smallest absolute Gasteiger partial charge is 0.263 e. The van der Waals surface area contributed by atoms with E-state index in [4.69, 9.17) is 5.73 Å². The summed E-state index contributed by atoms with van der Waals surface area (Å²) in [6.45, 7) is 0.365. The van der Waals surface area contributed by atoms with Crippen LogP contribution in [-0.4, -0.2) is 18.4 Å². The van der Waals surface area contributed by atoms with Crippen LogP contribution >= 0.6 is 0 Å². The van der Waals surface area contributed by atoms with Gasteiger partial charge in [0.05, 0.1) is 22.1 Å². The van der Waals surface area contributed by atoms with Crippen LogP contribution in [0, 0.1) is 0 Å². The number of anilines is 1. The number of benzene rings is 2. The fourth-order valence-corrected chi connectivity index (χ4v) is 2.99. The van der Waals surface area contributed by atoms with E-state index < -0.39 is 10.0 Å². The Morgan fingerprint density at radius 1 is 1.00 bits per heavy atom. The number of nitrogens with two attached hydrogens (primary N) is 1. The Hall–Kier alpha value is -2.51. The number of nitrogens with one attached hydrogen (secondary N) is 1. The Labute approximate surface area is 128 Å². The summed E-state index contributed by atoms with van der Waals surface area (Å²) in [6.07, 6.45) is 1.40. The van der Waals surface area contributed by atoms with Crippen molar-refractivity contribution in [2.24, 2.45) is 5.73 Å². The summed E-state index contributed by atoms with van der Waals surface area (Å²) in [4.78, 5) is 8.58. The molecule has 22 heavy (non-hydrogen) atoms. The van der Waals surface area contributed by atoms with Crippen molar-refractivity contribution in [3.63, 3.8) is 0 Å². The third kappa shape index (κ3) is 2.90. The van der Waals surface area contributed by atoms with E-state index in [2.05, 4.69) is 14.7 Å². The average Bonchev–Trinajstić information content (AvgIpc) is 2.54. The Morgan fingerprint density at radius 3 is 2.36 bits per heavy atom. The van der Waals surface area contributed by atoms with E-state index in [1.165, 1.54) is 18.3 Å². The van der Waals surface area contributed by atoms with Crippen LogP contribution in [-0.2, 0) is 16.6 Å². The SMILES string of the molecule is NCc1ccc(S(=O)(=O)Nc2cnc3ccccc3n2)cc1. The predicted octanol–water partition coefficient (Wildman–Crippen LogP) is 1.89. The van der Waals surface area contributed by atoms with Crippen molar-refractivity contribution in [1.82, 2.24) is 9.97 Å². The Bertz CT molecular complexity index is 908. The molecule has 2 aromatic carbocycles. The molecule has 0 unspecified atom stereocenters. The normalized spacial score (nSPS) is 11.5. The zero-order valence-corrected chi connectivity index (χ0v) is 12.4. The lowest BCUT2D eigenvalue weighted by Gasteiger charge is -2.08. The monoisotopic (exact) mass is 314 g/mol. The van der Waals surface area contributed by atoms with Gasteiger partial charge in [-0.3, -0.25) is 9.71 Å². The summed E-state index contributed by atoms with van der Waals surface area (Å²) in [6, 6.07) is 13.6. The average molecular weight is 314 g/mol. The number of fused-ring (bicyclic) bond motifs is 1. The van der Waals surface area contributed by atoms with Crippen molar-refractivity contribution < 1.29 is 8.42 Å². The summed E-state index contributed by atoms with van der Waals surface area (Å²) < 4.78 is 27.1. The molecule has 3 rings (SSSR count). The fraction of sp³-hybridized carbons (Fsp3) is 0.0667. The van der Waals surface area contributed by atoms with Crippen LogP contribution < -0.4 is 10.5 Å². The van der Waals surface area contributed by atoms with E-state index in [9.17, 15) is 8.42 Å². The molecule has 0 aliphatic rings. The van der Waals surface area contributed by atoms with Crippen LogP contribution in [0.1, 0.15) is 5.56 Å². The van der Waals surface area contributed by atoms with Gasteiger partial charge in [0.2, 0.25) is 0 Å². The van der Waals surface area contributed by atoms with Gasteiger partial charge in [-0.1, -0.05) is 24.3 Å². The van der Waals surface area contributed by atoms with Crippen LogP contribution in [0.2, 0.25) is 0 Å². The molecule has 0 aliphatic carbocycles. The zero-order valence-electron chi connectivity index (χ0n) is 11.6. The van der Waals surface area contributed by atoms with Crippen LogP contribution in [0.15, 0.2) is 59.6 Å². The van der Waals surface area contributed by atoms with Gasteiger partial charge in [0.1, 0.15) is 0 Å². The molecule has 3 N–H and O–H groups in total. The van der Waals surface area contributed by atoms with Crippen molar-refractivity contribution in [2.45, 2.75) is 11.4 Å². The lowest BCUT2D eigenvalue weighted by atomic mass is 10.2. The van der Waals surface area contributed by atoms with E-state index in [1.807, 2.05) is 18.2 Å². The molecule has 1 heterocycles. The summed E-state index contributed by atoms with van der Waals surface area (Å²) in [5.41, 5.74) is 7.70. The molecule has 112 valence electrons. The van der Waals surface area contributed by atoms with Crippen molar-refractivity contribution in [2.75, 3.05) is 4.72 Å². The van der Waals surface area contributed by atoms with E-state index in [-0.39, 0.29) is 10.7 Å². The first-order valence-electron chi connectivity index (χ1n) is 6.62. The van der Waals surface area contributed by atoms with Crippen molar-refractivity contribution in [3.8, 4) is 0 Å². The highest BCUT2D eigenvalue weighted by molar-refractivity contribution is 7.92. The number of aromatic nitrogens is 2. The third-order valence-corrected chi connectivity index (χ3v) is 4.53. The largest absolute Gasteiger partial charge is 0.326 e. The number of sulfonamides is 1. The summed E-state index contributed by atoms with van der Waals surface area (Å²) in [5, 5.41) is 0. The minimum Gasteiger partial charge on any atom is -0.326 e. The minimum atomic E-state index is -3.70. The molecule has 0 amide bonds. The fourth-order valence-electron chi connectivity index (χ4n) is 2.01. The first-order valence-corrected chi connectivity index (χ1v) is 8.10. The lowest BCUT2D eigenvalue weighted by molar-refractivity contribution is 0.601. The number of nitrogens with zero attached hydrogens (tertiary/aromatic N) is 2. The summed E-state index contributed by atoms with van der Waals surface area (Å²) in [7, 11) is -3.70. The van der Waals surface area contributed by atoms with Crippen molar-refractivity contribution in [3.05, 3.63) is 60.3 Å². The topological polar surface area (TPSA) is 98.0 Å². The molecule has 1 aromatic heterocycles. The van der Waals surface area contributed by atoms with Gasteiger partial charge < -0.3 is 5.73 Å². The second-order valence-electron chi connectivity index (χ2n) is 4.70. The molecule has 0 bridgehead atoms. The molecule has 3 aromatic rings. The van der Waals surface area contributed by atoms with Gasteiger partial charge in [-0.15, -0.1) is 0 Å². The quantitative estimate of drug-likeness (QED) is 0.766. The molecular weight excluding hydrogens is 300 g/mol. The highest BCUT2D eigenvalue weighted by Gasteiger charge is 2.15. The number of rotatable bonds is 4. The van der Waals surface area contributed by atoms with E-state index in [0.29, 0.717) is 17.6 Å². The lowest BCUT2D eigenvalue weighted by Crippen LogP contribution is -2.14. The van der Waals surface area contributed by atoms with E-state index >= 15 is 0 Å². The molecule has 0 radical (unpaired) electrons. The van der Waals surface area contributed by atoms with Gasteiger partial charge in [-0.2, -0.15) is 0 Å². The van der Waals surface area contributed by atoms with Gasteiger partial charge in [0.25, 0.3) is 10.0 Å². The molecule has 0 spiro atoms. The molecule has 0 saturated heterocycles. The predicted molar refractivity (Wildman–Crippen MR) is 84.7 cm³/mol. The molecule has 0 atom stereocenters. The van der Waals surface area contributed by atoms with Crippen LogP contribution in [0.3, 0.4) is 0 Å².